The maximum atomic E-state index is 11.5. The van der Waals surface area contributed by atoms with Gasteiger partial charge in [0.1, 0.15) is 5.60 Å². The number of carbonyl (C=O) groups excluding carboxylic acids is 2. The van der Waals surface area contributed by atoms with Crippen LogP contribution in [0.25, 0.3) is 0 Å². The van der Waals surface area contributed by atoms with E-state index in [-0.39, 0.29) is 24.6 Å². The Morgan fingerprint density at radius 3 is 2.24 bits per heavy atom. The molecule has 0 aliphatic heterocycles. The Bertz CT molecular complexity index is 331. The molecule has 5 nitrogen and oxygen atoms in total. The maximum absolute atomic E-state index is 11.5. The van der Waals surface area contributed by atoms with Gasteiger partial charge in [0.15, 0.2) is 17.1 Å². The van der Waals surface area contributed by atoms with Crippen LogP contribution >= 0.6 is 0 Å². The van der Waals surface area contributed by atoms with Crippen molar-refractivity contribution >= 4 is 11.6 Å². The molecule has 0 N–H and O–H groups in total. The highest BCUT2D eigenvalue weighted by atomic mass is 16.5. The van der Waals surface area contributed by atoms with Crippen molar-refractivity contribution in [1.82, 2.24) is 0 Å². The summed E-state index contributed by atoms with van der Waals surface area (Å²) >= 11 is 0. The van der Waals surface area contributed by atoms with Gasteiger partial charge in [0.25, 0.3) is 0 Å². The van der Waals surface area contributed by atoms with Crippen LogP contribution in [0.2, 0.25) is 0 Å². The molecule has 17 heavy (non-hydrogen) atoms. The standard InChI is InChI=1S/C12H19NO4/c1-6-9(14)12(4,5)17-8-7-10(15)11(2,3)13-16/h6H,1,7-8H2,2-5H3. The molecule has 0 amide bonds. The Morgan fingerprint density at radius 2 is 1.82 bits per heavy atom. The minimum Gasteiger partial charge on any atom is -0.367 e. The average molecular weight is 241 g/mol. The van der Waals surface area contributed by atoms with Gasteiger partial charge in [-0.1, -0.05) is 11.8 Å². The SMILES string of the molecule is C=CC(=O)C(C)(C)OCCC(=O)C(C)(C)N=O. The third-order valence-corrected chi connectivity index (χ3v) is 2.48. The van der Waals surface area contributed by atoms with E-state index in [4.69, 9.17) is 4.74 Å². The number of hydrogen-bond acceptors (Lipinski definition) is 5. The number of ketones is 2. The lowest BCUT2D eigenvalue weighted by atomic mass is 9.98. The maximum Gasteiger partial charge on any atom is 0.186 e. The van der Waals surface area contributed by atoms with Gasteiger partial charge in [-0.15, -0.1) is 4.91 Å². The smallest absolute Gasteiger partial charge is 0.186 e. The van der Waals surface area contributed by atoms with E-state index in [1.54, 1.807) is 13.8 Å². The number of carbonyl (C=O) groups is 2. The van der Waals surface area contributed by atoms with Crippen LogP contribution in [0.3, 0.4) is 0 Å². The van der Waals surface area contributed by atoms with E-state index in [0.29, 0.717) is 0 Å². The van der Waals surface area contributed by atoms with E-state index >= 15 is 0 Å². The fourth-order valence-corrected chi connectivity index (χ4v) is 1.07. The summed E-state index contributed by atoms with van der Waals surface area (Å²) in [5.74, 6) is -0.563. The molecule has 0 spiro atoms. The third-order valence-electron chi connectivity index (χ3n) is 2.48. The van der Waals surface area contributed by atoms with E-state index < -0.39 is 11.1 Å². The van der Waals surface area contributed by atoms with Crippen molar-refractivity contribution in [3.63, 3.8) is 0 Å². The third kappa shape index (κ3) is 4.56. The van der Waals surface area contributed by atoms with Gasteiger partial charge in [-0.05, 0) is 33.8 Å². The first kappa shape index (κ1) is 15.6. The molecule has 0 aliphatic carbocycles. The fraction of sp³-hybridized carbons (Fsp3) is 0.667. The molecule has 0 heterocycles. The molecule has 0 aromatic carbocycles. The molecule has 0 aliphatic rings. The zero-order chi connectivity index (χ0) is 13.7. The Morgan fingerprint density at radius 1 is 1.29 bits per heavy atom. The summed E-state index contributed by atoms with van der Waals surface area (Å²) in [6.45, 7) is 9.54. The lowest BCUT2D eigenvalue weighted by Gasteiger charge is -2.22. The van der Waals surface area contributed by atoms with Gasteiger partial charge >= 0.3 is 0 Å². The zero-order valence-electron chi connectivity index (χ0n) is 10.8. The van der Waals surface area contributed by atoms with Gasteiger partial charge in [-0.2, -0.15) is 0 Å². The molecule has 0 bridgehead atoms. The van der Waals surface area contributed by atoms with Crippen LogP contribution in [-0.4, -0.2) is 29.3 Å². The van der Waals surface area contributed by atoms with E-state index in [1.807, 2.05) is 0 Å². The molecular weight excluding hydrogens is 222 g/mol. The van der Waals surface area contributed by atoms with Gasteiger partial charge in [0.2, 0.25) is 0 Å². The van der Waals surface area contributed by atoms with Crippen LogP contribution < -0.4 is 0 Å². The van der Waals surface area contributed by atoms with Crippen molar-refractivity contribution in [2.75, 3.05) is 6.61 Å². The number of ether oxygens (including phenoxy) is 1. The Balaban J connectivity index is 4.26. The fourth-order valence-electron chi connectivity index (χ4n) is 1.07. The van der Waals surface area contributed by atoms with Crippen LogP contribution in [-0.2, 0) is 14.3 Å². The lowest BCUT2D eigenvalue weighted by Crippen LogP contribution is -2.36. The van der Waals surface area contributed by atoms with Crippen LogP contribution in [0.5, 0.6) is 0 Å². The van der Waals surface area contributed by atoms with Gasteiger partial charge in [0, 0.05) is 6.42 Å². The first-order chi connectivity index (χ1) is 7.67. The Kier molecular flexibility index (Phi) is 5.35. The molecule has 0 atom stereocenters. The summed E-state index contributed by atoms with van der Waals surface area (Å²) in [6, 6.07) is 0. The average Bonchev–Trinajstić information content (AvgIpc) is 2.27. The largest absolute Gasteiger partial charge is 0.367 e. The molecule has 96 valence electrons. The Labute approximate surface area is 101 Å². The molecule has 0 fully saturated rings. The summed E-state index contributed by atoms with van der Waals surface area (Å²) in [4.78, 5) is 33.3. The first-order valence-electron chi connectivity index (χ1n) is 5.36. The van der Waals surface area contributed by atoms with E-state index in [2.05, 4.69) is 11.8 Å². The number of nitroso groups, excluding NO2 is 1. The highest BCUT2D eigenvalue weighted by Crippen LogP contribution is 2.15. The number of Topliss-reactive ketones (excluding diaryl/α,β-unsaturated/α-hetero) is 1. The molecule has 5 heteroatoms. The van der Waals surface area contributed by atoms with Crippen molar-refractivity contribution in [1.29, 1.82) is 0 Å². The van der Waals surface area contributed by atoms with Crippen LogP contribution in [0.15, 0.2) is 17.8 Å². The second kappa shape index (κ2) is 5.82. The number of rotatable bonds is 8. The van der Waals surface area contributed by atoms with Gasteiger partial charge in [-0.3, -0.25) is 9.59 Å². The summed E-state index contributed by atoms with van der Waals surface area (Å²) < 4.78 is 5.31. The van der Waals surface area contributed by atoms with Crippen LogP contribution in [0.4, 0.5) is 0 Å². The molecular formula is C12H19NO4. The zero-order valence-corrected chi connectivity index (χ0v) is 10.8. The molecule has 0 saturated heterocycles. The van der Waals surface area contributed by atoms with Crippen molar-refractivity contribution in [2.24, 2.45) is 5.18 Å². The summed E-state index contributed by atoms with van der Waals surface area (Å²) in [5.41, 5.74) is -2.24. The van der Waals surface area contributed by atoms with E-state index in [9.17, 15) is 14.5 Å². The predicted molar refractivity (Wildman–Crippen MR) is 64.7 cm³/mol. The first-order valence-corrected chi connectivity index (χ1v) is 5.36. The summed E-state index contributed by atoms with van der Waals surface area (Å²) in [7, 11) is 0. The van der Waals surface area contributed by atoms with Crippen molar-refractivity contribution in [2.45, 2.75) is 45.3 Å². The second-order valence-corrected chi connectivity index (χ2v) is 4.75. The number of nitrogens with zero attached hydrogens (tertiary/aromatic N) is 1. The monoisotopic (exact) mass is 241 g/mol. The predicted octanol–water partition coefficient (Wildman–Crippen LogP) is 2.04. The van der Waals surface area contributed by atoms with Gasteiger partial charge < -0.3 is 4.74 Å². The second-order valence-electron chi connectivity index (χ2n) is 4.75. The molecule has 0 saturated carbocycles. The van der Waals surface area contributed by atoms with Gasteiger partial charge in [0.05, 0.1) is 6.61 Å². The summed E-state index contributed by atoms with van der Waals surface area (Å²) in [6.07, 6.45) is 1.23. The minimum absolute atomic E-state index is 0.0482. The topological polar surface area (TPSA) is 72.8 Å². The van der Waals surface area contributed by atoms with E-state index in [0.717, 1.165) is 0 Å². The minimum atomic E-state index is -1.24. The van der Waals surface area contributed by atoms with E-state index in [1.165, 1.54) is 19.9 Å². The van der Waals surface area contributed by atoms with Crippen molar-refractivity contribution < 1.29 is 14.3 Å². The molecule has 0 rings (SSSR count). The highest BCUT2D eigenvalue weighted by Gasteiger charge is 2.30. The molecule has 0 aromatic heterocycles. The molecule has 0 aromatic rings. The van der Waals surface area contributed by atoms with Crippen molar-refractivity contribution in [3.8, 4) is 0 Å². The summed E-state index contributed by atoms with van der Waals surface area (Å²) in [5, 5.41) is 2.75. The van der Waals surface area contributed by atoms with Crippen LogP contribution in [0, 0.1) is 4.91 Å². The normalized spacial score (nSPS) is 12.0. The van der Waals surface area contributed by atoms with Crippen molar-refractivity contribution in [3.05, 3.63) is 17.6 Å². The number of hydrogen-bond donors (Lipinski definition) is 0. The quantitative estimate of drug-likeness (QED) is 0.481. The molecule has 0 unspecified atom stereocenters. The molecule has 0 radical (unpaired) electrons. The van der Waals surface area contributed by atoms with Crippen LogP contribution in [0.1, 0.15) is 34.1 Å². The van der Waals surface area contributed by atoms with Gasteiger partial charge in [-0.25, -0.2) is 0 Å². The Hall–Kier alpha value is -1.36. The lowest BCUT2D eigenvalue weighted by molar-refractivity contribution is -0.138. The highest BCUT2D eigenvalue weighted by molar-refractivity contribution is 5.95.